The Labute approximate surface area is 276 Å². The lowest BCUT2D eigenvalue weighted by Gasteiger charge is -2.36. The molecule has 1 aromatic heterocycles. The molecule has 0 unspecified atom stereocenters. The van der Waals surface area contributed by atoms with Gasteiger partial charge in [0.2, 0.25) is 11.5 Å². The molecular weight excluding hydrogens is 624 g/mol. The predicted molar refractivity (Wildman–Crippen MR) is 175 cm³/mol. The molecular formula is C33H38N6O7S. The molecule has 1 saturated carbocycles. The van der Waals surface area contributed by atoms with Gasteiger partial charge < -0.3 is 30.7 Å². The predicted octanol–water partition coefficient (Wildman–Crippen LogP) is 3.80. The van der Waals surface area contributed by atoms with Crippen LogP contribution in [0.3, 0.4) is 0 Å². The van der Waals surface area contributed by atoms with E-state index in [4.69, 9.17) is 20.0 Å². The van der Waals surface area contributed by atoms with Crippen LogP contribution in [0.1, 0.15) is 69.4 Å². The lowest BCUT2D eigenvalue weighted by atomic mass is 9.99. The SMILES string of the molecule is CC(C)(C)OC(=O)Nc1nc(/C(=N/OC2(C(=O)OC(c3ccccc3)c3ccccc3)CCCC2)C(=O)N[C@@H]2C(=O)N[C@@H]2CN)cs1. The van der Waals surface area contributed by atoms with Crippen molar-refractivity contribution in [3.8, 4) is 0 Å². The number of rotatable bonds is 11. The zero-order valence-corrected chi connectivity index (χ0v) is 27.2. The number of amides is 3. The van der Waals surface area contributed by atoms with Gasteiger partial charge in [-0.25, -0.2) is 14.6 Å². The molecule has 0 radical (unpaired) electrons. The molecule has 47 heavy (non-hydrogen) atoms. The van der Waals surface area contributed by atoms with Gasteiger partial charge in [0, 0.05) is 24.8 Å². The molecule has 5 rings (SSSR count). The number of oxime groups is 1. The fraction of sp³-hybridized carbons (Fsp3) is 0.394. The zero-order chi connectivity index (χ0) is 33.6. The number of aromatic nitrogens is 1. The van der Waals surface area contributed by atoms with Gasteiger partial charge in [0.05, 0.1) is 6.04 Å². The standard InChI is InChI=1S/C33H38N6O7S/c1-32(2,3)45-31(43)38-30-36-23(19-47-30)25(28(41)37-24-22(18-34)35-27(24)40)39-46-33(16-10-11-17-33)29(42)44-26(20-12-6-4-7-13-20)21-14-8-5-9-15-21/h4-9,12-15,19,22,24,26H,10-11,16-18,34H2,1-3H3,(H,35,40)(H,37,41)(H,36,38,43)/b39-25-/t22-,24+/m1/s1. The van der Waals surface area contributed by atoms with Crippen LogP contribution in [0.2, 0.25) is 0 Å². The Hall–Kier alpha value is -4.82. The largest absolute Gasteiger partial charge is 0.450 e. The Morgan fingerprint density at radius 2 is 1.68 bits per heavy atom. The fourth-order valence-electron chi connectivity index (χ4n) is 5.26. The number of nitrogens with one attached hydrogen (secondary N) is 3. The van der Waals surface area contributed by atoms with E-state index in [-0.39, 0.29) is 23.1 Å². The van der Waals surface area contributed by atoms with E-state index in [2.05, 4.69) is 26.1 Å². The quantitative estimate of drug-likeness (QED) is 0.103. The van der Waals surface area contributed by atoms with E-state index in [1.807, 2.05) is 60.7 Å². The minimum Gasteiger partial charge on any atom is -0.450 e. The molecule has 3 amide bonds. The van der Waals surface area contributed by atoms with Crippen LogP contribution in [0.5, 0.6) is 0 Å². The molecule has 1 aliphatic carbocycles. The number of nitrogens with two attached hydrogens (primary N) is 1. The van der Waals surface area contributed by atoms with Crippen molar-refractivity contribution in [3.05, 3.63) is 82.9 Å². The van der Waals surface area contributed by atoms with Crippen LogP contribution >= 0.6 is 11.3 Å². The average Bonchev–Trinajstić information content (AvgIpc) is 3.72. The fourth-order valence-corrected chi connectivity index (χ4v) is 5.94. The summed E-state index contributed by atoms with van der Waals surface area (Å²) in [4.78, 5) is 62.5. The number of carbonyl (C=O) groups is 4. The van der Waals surface area contributed by atoms with Gasteiger partial charge >= 0.3 is 12.1 Å². The van der Waals surface area contributed by atoms with Crippen molar-refractivity contribution in [2.75, 3.05) is 11.9 Å². The maximum absolute atomic E-state index is 14.0. The summed E-state index contributed by atoms with van der Waals surface area (Å²) in [5.74, 6) is -1.79. The molecule has 2 heterocycles. The van der Waals surface area contributed by atoms with Gasteiger partial charge in [-0.3, -0.25) is 14.9 Å². The third-order valence-electron chi connectivity index (χ3n) is 7.65. The van der Waals surface area contributed by atoms with Crippen molar-refractivity contribution in [3.63, 3.8) is 0 Å². The normalized spacial score (nSPS) is 18.9. The Balaban J connectivity index is 1.42. The lowest BCUT2D eigenvalue weighted by Crippen LogP contribution is -2.71. The summed E-state index contributed by atoms with van der Waals surface area (Å²) in [5.41, 5.74) is 4.83. The van der Waals surface area contributed by atoms with Crippen LogP contribution in [0.15, 0.2) is 71.2 Å². The first-order valence-corrected chi connectivity index (χ1v) is 16.2. The van der Waals surface area contributed by atoms with E-state index >= 15 is 0 Å². The summed E-state index contributed by atoms with van der Waals surface area (Å²) in [7, 11) is 0. The second-order valence-corrected chi connectivity index (χ2v) is 13.2. The van der Waals surface area contributed by atoms with Crippen LogP contribution in [-0.2, 0) is 28.7 Å². The molecule has 0 bridgehead atoms. The number of anilines is 1. The highest BCUT2D eigenvalue weighted by molar-refractivity contribution is 7.14. The highest BCUT2D eigenvalue weighted by atomic mass is 32.1. The minimum atomic E-state index is -1.48. The second kappa shape index (κ2) is 14.3. The molecule has 2 aliphatic rings. The van der Waals surface area contributed by atoms with E-state index in [9.17, 15) is 19.2 Å². The van der Waals surface area contributed by atoms with Crippen LogP contribution in [0, 0.1) is 0 Å². The molecule has 2 fully saturated rings. The summed E-state index contributed by atoms with van der Waals surface area (Å²) < 4.78 is 11.4. The number of hydrogen-bond acceptors (Lipinski definition) is 11. The number of hydrogen-bond donors (Lipinski definition) is 4. The Morgan fingerprint density at radius 3 is 2.23 bits per heavy atom. The molecule has 2 aromatic carbocycles. The molecule has 3 aromatic rings. The summed E-state index contributed by atoms with van der Waals surface area (Å²) in [6, 6.07) is 17.4. The number of benzene rings is 2. The van der Waals surface area contributed by atoms with E-state index < -0.39 is 53.3 Å². The summed E-state index contributed by atoms with van der Waals surface area (Å²) in [6.07, 6.45) is 0.534. The van der Waals surface area contributed by atoms with E-state index in [1.165, 1.54) is 5.38 Å². The molecule has 0 spiro atoms. The smallest absolute Gasteiger partial charge is 0.413 e. The van der Waals surface area contributed by atoms with Gasteiger partial charge in [0.15, 0.2) is 16.9 Å². The van der Waals surface area contributed by atoms with Crippen LogP contribution in [0.4, 0.5) is 9.93 Å². The topological polar surface area (TPSA) is 183 Å². The van der Waals surface area contributed by atoms with E-state index in [1.54, 1.807) is 20.8 Å². The van der Waals surface area contributed by atoms with Gasteiger partial charge in [-0.1, -0.05) is 65.8 Å². The Bertz CT molecular complexity index is 1580. The second-order valence-electron chi connectivity index (χ2n) is 12.3. The number of nitrogens with zero attached hydrogens (tertiary/aromatic N) is 2. The molecule has 1 aliphatic heterocycles. The number of esters is 1. The maximum atomic E-state index is 14.0. The highest BCUT2D eigenvalue weighted by Gasteiger charge is 2.48. The molecule has 5 N–H and O–H groups in total. The number of ether oxygens (including phenoxy) is 2. The summed E-state index contributed by atoms with van der Waals surface area (Å²) >= 11 is 1.03. The lowest BCUT2D eigenvalue weighted by molar-refractivity contribution is -0.176. The maximum Gasteiger partial charge on any atom is 0.413 e. The highest BCUT2D eigenvalue weighted by Crippen LogP contribution is 2.38. The number of carbonyl (C=O) groups excluding carboxylic acids is 4. The third-order valence-corrected chi connectivity index (χ3v) is 8.40. The van der Waals surface area contributed by atoms with Gasteiger partial charge in [-0.15, -0.1) is 11.3 Å². The zero-order valence-electron chi connectivity index (χ0n) is 26.4. The molecule has 1 saturated heterocycles. The number of β-lactam (4-membered cyclic amide) rings is 1. The van der Waals surface area contributed by atoms with Gasteiger partial charge in [-0.05, 0) is 44.7 Å². The van der Waals surface area contributed by atoms with Crippen molar-refractivity contribution in [1.82, 2.24) is 15.6 Å². The minimum absolute atomic E-state index is 0.0514. The summed E-state index contributed by atoms with van der Waals surface area (Å²) in [5, 5.41) is 13.6. The first kappa shape index (κ1) is 33.5. The summed E-state index contributed by atoms with van der Waals surface area (Å²) in [6.45, 7) is 5.29. The molecule has 2 atom stereocenters. The van der Waals surface area contributed by atoms with Gasteiger partial charge in [0.1, 0.15) is 17.3 Å². The van der Waals surface area contributed by atoms with Crippen molar-refractivity contribution in [2.24, 2.45) is 10.9 Å². The van der Waals surface area contributed by atoms with Crippen molar-refractivity contribution < 1.29 is 33.5 Å². The molecule has 14 heteroatoms. The van der Waals surface area contributed by atoms with E-state index in [0.717, 1.165) is 22.5 Å². The number of thiazole rings is 1. The van der Waals surface area contributed by atoms with Gasteiger partial charge in [0.25, 0.3) is 5.91 Å². The van der Waals surface area contributed by atoms with Crippen molar-refractivity contribution >= 4 is 46.1 Å². The van der Waals surface area contributed by atoms with Crippen molar-refractivity contribution in [2.45, 2.75) is 75.8 Å². The van der Waals surface area contributed by atoms with Crippen molar-refractivity contribution in [1.29, 1.82) is 0 Å². The molecule has 13 nitrogen and oxygen atoms in total. The van der Waals surface area contributed by atoms with Crippen LogP contribution in [0.25, 0.3) is 0 Å². The van der Waals surface area contributed by atoms with Gasteiger partial charge in [-0.2, -0.15) is 0 Å². The molecule has 248 valence electrons. The third kappa shape index (κ3) is 8.13. The first-order chi connectivity index (χ1) is 22.5. The van der Waals surface area contributed by atoms with E-state index in [0.29, 0.717) is 25.7 Å². The Kier molecular flexibility index (Phi) is 10.2. The first-order valence-electron chi connectivity index (χ1n) is 15.3. The monoisotopic (exact) mass is 662 g/mol. The van der Waals surface area contributed by atoms with Crippen LogP contribution in [-0.4, -0.2) is 64.4 Å². The average molecular weight is 663 g/mol. The Morgan fingerprint density at radius 1 is 1.06 bits per heavy atom. The van der Waals surface area contributed by atoms with Crippen LogP contribution < -0.4 is 21.7 Å².